The number of unbranched alkanes of at least 4 members (excludes halogenated alkanes) is 3. The van der Waals surface area contributed by atoms with E-state index < -0.39 is 0 Å². The molecule has 0 N–H and O–H groups in total. The summed E-state index contributed by atoms with van der Waals surface area (Å²) in [5.74, 6) is 0. The Bertz CT molecular complexity index is 379. The first-order valence-electron chi connectivity index (χ1n) is 8.57. The second-order valence-corrected chi connectivity index (χ2v) is 6.54. The van der Waals surface area contributed by atoms with E-state index >= 15 is 0 Å². The van der Waals surface area contributed by atoms with Gasteiger partial charge in [0.25, 0.3) is 0 Å². The minimum absolute atomic E-state index is 0.657. The van der Waals surface area contributed by atoms with Gasteiger partial charge in [0.2, 0.25) is 0 Å². The Labute approximate surface area is 125 Å². The number of benzene rings is 1. The van der Waals surface area contributed by atoms with E-state index in [9.17, 15) is 0 Å². The maximum Gasteiger partial charge on any atom is 0.0351 e. The summed E-state index contributed by atoms with van der Waals surface area (Å²) < 4.78 is 0. The van der Waals surface area contributed by atoms with Gasteiger partial charge in [0.1, 0.15) is 0 Å². The highest BCUT2D eigenvalue weighted by molar-refractivity contribution is 5.26. The fourth-order valence-corrected chi connectivity index (χ4v) is 3.43. The minimum Gasteiger partial charge on any atom is -0.294 e. The lowest BCUT2D eigenvalue weighted by Crippen LogP contribution is -2.30. The van der Waals surface area contributed by atoms with Gasteiger partial charge in [-0.05, 0) is 57.2 Å². The average molecular weight is 273 g/mol. The van der Waals surface area contributed by atoms with Gasteiger partial charge in [-0.15, -0.1) is 0 Å². The number of hydrogen-bond donors (Lipinski definition) is 0. The Morgan fingerprint density at radius 3 is 2.50 bits per heavy atom. The van der Waals surface area contributed by atoms with Crippen LogP contribution in [0, 0.1) is 0 Å². The molecular formula is C19H31N. The van der Waals surface area contributed by atoms with Crippen LogP contribution in [-0.4, -0.2) is 17.5 Å². The third-order valence-electron chi connectivity index (χ3n) is 4.64. The number of aryl methyl sites for hydroxylation is 1. The molecule has 1 saturated heterocycles. The molecule has 1 atom stereocenters. The molecule has 1 aliphatic rings. The van der Waals surface area contributed by atoms with Gasteiger partial charge in [0.05, 0.1) is 0 Å². The van der Waals surface area contributed by atoms with Gasteiger partial charge < -0.3 is 0 Å². The number of likely N-dealkylation sites (tertiary alicyclic amines) is 1. The van der Waals surface area contributed by atoms with Crippen LogP contribution in [0.2, 0.25) is 0 Å². The second-order valence-electron chi connectivity index (χ2n) is 6.54. The molecule has 1 aromatic carbocycles. The van der Waals surface area contributed by atoms with Crippen LogP contribution in [-0.2, 0) is 6.42 Å². The van der Waals surface area contributed by atoms with E-state index in [0.717, 1.165) is 0 Å². The van der Waals surface area contributed by atoms with Crippen LogP contribution in [0.3, 0.4) is 0 Å². The maximum atomic E-state index is 2.65. The monoisotopic (exact) mass is 273 g/mol. The summed E-state index contributed by atoms with van der Waals surface area (Å²) in [6.45, 7) is 8.18. The Hall–Kier alpha value is -0.820. The smallest absolute Gasteiger partial charge is 0.0351 e. The molecule has 112 valence electrons. The highest BCUT2D eigenvalue weighted by Crippen LogP contribution is 2.33. The third-order valence-corrected chi connectivity index (χ3v) is 4.64. The summed E-state index contributed by atoms with van der Waals surface area (Å²) in [6, 6.07) is 10.8. The fraction of sp³-hybridized carbons (Fsp3) is 0.684. The van der Waals surface area contributed by atoms with Crippen LogP contribution in [0.5, 0.6) is 0 Å². The summed E-state index contributed by atoms with van der Waals surface area (Å²) >= 11 is 0. The Morgan fingerprint density at radius 2 is 1.85 bits per heavy atom. The molecule has 0 spiro atoms. The fourth-order valence-electron chi connectivity index (χ4n) is 3.43. The van der Waals surface area contributed by atoms with E-state index in [1.807, 2.05) is 0 Å². The van der Waals surface area contributed by atoms with Crippen molar-refractivity contribution in [2.24, 2.45) is 0 Å². The normalized spacial score (nSPS) is 19.9. The molecule has 20 heavy (non-hydrogen) atoms. The zero-order valence-corrected chi connectivity index (χ0v) is 13.6. The topological polar surface area (TPSA) is 3.24 Å². The quantitative estimate of drug-likeness (QED) is 0.605. The SMILES string of the molecule is CCCCCCc1ccc(C2CCCN2C(C)C)cc1. The van der Waals surface area contributed by atoms with Crippen LogP contribution < -0.4 is 0 Å². The van der Waals surface area contributed by atoms with Crippen molar-refractivity contribution in [3.8, 4) is 0 Å². The first-order chi connectivity index (χ1) is 9.72. The highest BCUT2D eigenvalue weighted by atomic mass is 15.2. The van der Waals surface area contributed by atoms with Crippen molar-refractivity contribution in [1.82, 2.24) is 4.90 Å². The van der Waals surface area contributed by atoms with Crippen LogP contribution in [0.15, 0.2) is 24.3 Å². The first-order valence-corrected chi connectivity index (χ1v) is 8.57. The Kier molecular flexibility index (Phi) is 6.09. The minimum atomic E-state index is 0.657. The molecule has 1 nitrogen and oxygen atoms in total. The maximum absolute atomic E-state index is 2.65. The van der Waals surface area contributed by atoms with E-state index in [-0.39, 0.29) is 0 Å². The number of rotatable bonds is 7. The van der Waals surface area contributed by atoms with E-state index in [4.69, 9.17) is 0 Å². The van der Waals surface area contributed by atoms with E-state index in [1.165, 1.54) is 62.6 Å². The van der Waals surface area contributed by atoms with E-state index in [0.29, 0.717) is 12.1 Å². The van der Waals surface area contributed by atoms with Gasteiger partial charge in [-0.1, -0.05) is 50.5 Å². The molecule has 0 saturated carbocycles. The van der Waals surface area contributed by atoms with Gasteiger partial charge in [-0.25, -0.2) is 0 Å². The molecule has 1 heterocycles. The van der Waals surface area contributed by atoms with Crippen molar-refractivity contribution in [3.63, 3.8) is 0 Å². The predicted molar refractivity (Wildman–Crippen MR) is 88.1 cm³/mol. The van der Waals surface area contributed by atoms with Crippen LogP contribution >= 0.6 is 0 Å². The third kappa shape index (κ3) is 4.09. The average Bonchev–Trinajstić information content (AvgIpc) is 2.94. The summed E-state index contributed by atoms with van der Waals surface area (Å²) in [6.07, 6.45) is 9.35. The predicted octanol–water partition coefficient (Wildman–Crippen LogP) is 5.35. The van der Waals surface area contributed by atoms with Crippen LogP contribution in [0.4, 0.5) is 0 Å². The Morgan fingerprint density at radius 1 is 1.10 bits per heavy atom. The van der Waals surface area contributed by atoms with Crippen molar-refractivity contribution in [1.29, 1.82) is 0 Å². The van der Waals surface area contributed by atoms with Crippen molar-refractivity contribution < 1.29 is 0 Å². The van der Waals surface area contributed by atoms with Crippen molar-refractivity contribution in [3.05, 3.63) is 35.4 Å². The molecule has 1 aromatic rings. The van der Waals surface area contributed by atoms with E-state index in [2.05, 4.69) is 49.9 Å². The molecule has 0 bridgehead atoms. The number of nitrogens with zero attached hydrogens (tertiary/aromatic N) is 1. The van der Waals surface area contributed by atoms with Gasteiger partial charge in [0.15, 0.2) is 0 Å². The zero-order chi connectivity index (χ0) is 14.4. The lowest BCUT2D eigenvalue weighted by Gasteiger charge is -2.28. The van der Waals surface area contributed by atoms with E-state index in [1.54, 1.807) is 0 Å². The molecular weight excluding hydrogens is 242 g/mol. The van der Waals surface area contributed by atoms with Crippen LogP contribution in [0.25, 0.3) is 0 Å². The summed E-state index contributed by atoms with van der Waals surface area (Å²) in [7, 11) is 0. The molecule has 1 aliphatic heterocycles. The van der Waals surface area contributed by atoms with Crippen molar-refractivity contribution >= 4 is 0 Å². The van der Waals surface area contributed by atoms with Crippen molar-refractivity contribution in [2.45, 2.75) is 77.8 Å². The molecule has 0 amide bonds. The standard InChI is InChI=1S/C19H31N/c1-4-5-6-7-9-17-11-13-18(14-12-17)19-10-8-15-20(19)16(2)3/h11-14,16,19H,4-10,15H2,1-3H3. The van der Waals surface area contributed by atoms with Gasteiger partial charge in [-0.3, -0.25) is 4.90 Å². The summed E-state index contributed by atoms with van der Waals surface area (Å²) in [4.78, 5) is 2.65. The summed E-state index contributed by atoms with van der Waals surface area (Å²) in [5.41, 5.74) is 3.03. The van der Waals surface area contributed by atoms with Gasteiger partial charge in [-0.2, -0.15) is 0 Å². The molecule has 0 aliphatic carbocycles. The second kappa shape index (κ2) is 7.83. The molecule has 2 rings (SSSR count). The van der Waals surface area contributed by atoms with Crippen molar-refractivity contribution in [2.75, 3.05) is 6.54 Å². The molecule has 1 fully saturated rings. The number of hydrogen-bond acceptors (Lipinski definition) is 1. The van der Waals surface area contributed by atoms with Gasteiger partial charge >= 0.3 is 0 Å². The zero-order valence-electron chi connectivity index (χ0n) is 13.6. The molecule has 0 aromatic heterocycles. The van der Waals surface area contributed by atoms with Gasteiger partial charge in [0, 0.05) is 12.1 Å². The molecule has 0 radical (unpaired) electrons. The Balaban J connectivity index is 1.90. The van der Waals surface area contributed by atoms with Crippen LogP contribution in [0.1, 0.15) is 76.5 Å². The lowest BCUT2D eigenvalue weighted by molar-refractivity contribution is 0.205. The first kappa shape index (κ1) is 15.6. The highest BCUT2D eigenvalue weighted by Gasteiger charge is 2.27. The molecule has 1 heteroatoms. The molecule has 1 unspecified atom stereocenters. The lowest BCUT2D eigenvalue weighted by atomic mass is 10.00. The largest absolute Gasteiger partial charge is 0.294 e. The summed E-state index contributed by atoms with van der Waals surface area (Å²) in [5, 5.41) is 0.